The van der Waals surface area contributed by atoms with Gasteiger partial charge in [-0.3, -0.25) is 9.59 Å². The molecule has 0 unspecified atom stereocenters. The van der Waals surface area contributed by atoms with Crippen molar-refractivity contribution in [3.63, 3.8) is 0 Å². The SMILES string of the molecule is CCCCNC(=O)[C@H](Cc1ccccc1)N(Cc1cccc(Br)c1)C(=O)Cc1ccc(C)c(C)c1. The van der Waals surface area contributed by atoms with Crippen LogP contribution < -0.4 is 5.32 Å². The second-order valence-corrected chi connectivity index (χ2v) is 10.0. The Hall–Kier alpha value is -2.92. The number of nitrogens with one attached hydrogen (secondary N) is 1. The molecule has 0 spiro atoms. The maximum Gasteiger partial charge on any atom is 0.243 e. The van der Waals surface area contributed by atoms with E-state index in [9.17, 15) is 9.59 Å². The summed E-state index contributed by atoms with van der Waals surface area (Å²) in [5.41, 5.74) is 5.33. The highest BCUT2D eigenvalue weighted by Gasteiger charge is 2.30. The minimum absolute atomic E-state index is 0.0557. The van der Waals surface area contributed by atoms with Gasteiger partial charge in [0.25, 0.3) is 0 Å². The molecule has 1 atom stereocenters. The molecule has 0 saturated carbocycles. The van der Waals surface area contributed by atoms with Gasteiger partial charge in [-0.15, -0.1) is 0 Å². The molecule has 0 aromatic heterocycles. The lowest BCUT2D eigenvalue weighted by Gasteiger charge is -2.32. The van der Waals surface area contributed by atoms with E-state index in [0.29, 0.717) is 19.5 Å². The van der Waals surface area contributed by atoms with E-state index < -0.39 is 6.04 Å². The van der Waals surface area contributed by atoms with Crippen LogP contribution in [0.3, 0.4) is 0 Å². The van der Waals surface area contributed by atoms with Crippen molar-refractivity contribution in [2.45, 2.75) is 59.0 Å². The van der Waals surface area contributed by atoms with E-state index in [-0.39, 0.29) is 18.2 Å². The zero-order valence-corrected chi connectivity index (χ0v) is 22.5. The summed E-state index contributed by atoms with van der Waals surface area (Å²) in [6, 6.07) is 23.4. The molecule has 3 aromatic carbocycles. The molecule has 0 radical (unpaired) electrons. The molecule has 0 aliphatic heterocycles. The Morgan fingerprint density at radius 2 is 1.63 bits per heavy atom. The van der Waals surface area contributed by atoms with E-state index >= 15 is 0 Å². The van der Waals surface area contributed by atoms with Crippen LogP contribution >= 0.6 is 15.9 Å². The Morgan fingerprint density at radius 1 is 0.886 bits per heavy atom. The average molecular weight is 536 g/mol. The number of aryl methyl sites for hydroxylation is 2. The lowest BCUT2D eigenvalue weighted by molar-refractivity contribution is -0.140. The second kappa shape index (κ2) is 13.2. The largest absolute Gasteiger partial charge is 0.354 e. The molecule has 0 saturated heterocycles. The maximum absolute atomic E-state index is 13.8. The molecule has 184 valence electrons. The zero-order valence-electron chi connectivity index (χ0n) is 20.9. The van der Waals surface area contributed by atoms with Gasteiger partial charge in [0, 0.05) is 24.0 Å². The minimum Gasteiger partial charge on any atom is -0.354 e. The van der Waals surface area contributed by atoms with E-state index in [4.69, 9.17) is 0 Å². The molecular formula is C30H35BrN2O2. The number of hydrogen-bond acceptors (Lipinski definition) is 2. The van der Waals surface area contributed by atoms with Crippen LogP contribution in [0.5, 0.6) is 0 Å². The maximum atomic E-state index is 13.8. The van der Waals surface area contributed by atoms with Crippen molar-refractivity contribution >= 4 is 27.7 Å². The van der Waals surface area contributed by atoms with Crippen molar-refractivity contribution in [1.29, 1.82) is 0 Å². The van der Waals surface area contributed by atoms with Crippen LogP contribution in [0.2, 0.25) is 0 Å². The standard InChI is InChI=1S/C30H35BrN2O2/c1-4-5-16-32-30(35)28(19-24-10-7-6-8-11-24)33(21-26-12-9-13-27(31)18-26)29(34)20-25-15-14-22(2)23(3)17-25/h6-15,17-18,28H,4-5,16,19-21H2,1-3H3,(H,32,35)/t28-/m0/s1. The first kappa shape index (κ1) is 26.7. The molecule has 0 fully saturated rings. The van der Waals surface area contributed by atoms with Gasteiger partial charge in [-0.1, -0.05) is 89.9 Å². The van der Waals surface area contributed by atoms with E-state index in [1.54, 1.807) is 4.90 Å². The minimum atomic E-state index is -0.604. The predicted molar refractivity (Wildman–Crippen MR) is 146 cm³/mol. The molecule has 3 rings (SSSR count). The summed E-state index contributed by atoms with van der Waals surface area (Å²) in [6.45, 7) is 7.19. The van der Waals surface area contributed by atoms with Gasteiger partial charge in [-0.05, 0) is 60.2 Å². The fourth-order valence-corrected chi connectivity index (χ4v) is 4.53. The Balaban J connectivity index is 1.95. The summed E-state index contributed by atoms with van der Waals surface area (Å²) in [4.78, 5) is 29.0. The van der Waals surface area contributed by atoms with Gasteiger partial charge < -0.3 is 10.2 Å². The summed E-state index contributed by atoms with van der Waals surface area (Å²) < 4.78 is 0.948. The number of carbonyl (C=O) groups excluding carboxylic acids is 2. The van der Waals surface area contributed by atoms with Crippen molar-refractivity contribution in [2.24, 2.45) is 0 Å². The van der Waals surface area contributed by atoms with E-state index in [2.05, 4.69) is 54.2 Å². The van der Waals surface area contributed by atoms with Gasteiger partial charge >= 0.3 is 0 Å². The first-order chi connectivity index (χ1) is 16.9. The van der Waals surface area contributed by atoms with Gasteiger partial charge in [-0.25, -0.2) is 0 Å². The molecule has 0 heterocycles. The summed E-state index contributed by atoms with van der Waals surface area (Å²) >= 11 is 3.54. The molecule has 1 N–H and O–H groups in total. The Labute approximate surface area is 217 Å². The number of hydrogen-bond donors (Lipinski definition) is 1. The van der Waals surface area contributed by atoms with E-state index in [1.807, 2.05) is 60.7 Å². The van der Waals surface area contributed by atoms with Gasteiger partial charge in [0.2, 0.25) is 11.8 Å². The lowest BCUT2D eigenvalue weighted by Crippen LogP contribution is -2.51. The molecular weight excluding hydrogens is 500 g/mol. The van der Waals surface area contributed by atoms with Gasteiger partial charge in [-0.2, -0.15) is 0 Å². The molecule has 5 heteroatoms. The first-order valence-electron chi connectivity index (χ1n) is 12.3. The highest BCUT2D eigenvalue weighted by atomic mass is 79.9. The van der Waals surface area contributed by atoms with Crippen molar-refractivity contribution in [3.8, 4) is 0 Å². The monoisotopic (exact) mass is 534 g/mol. The van der Waals surface area contributed by atoms with Crippen molar-refractivity contribution in [2.75, 3.05) is 6.54 Å². The third-order valence-corrected chi connectivity index (χ3v) is 6.76. The Morgan fingerprint density at radius 3 is 2.31 bits per heavy atom. The van der Waals surface area contributed by atoms with Crippen LogP contribution in [0.1, 0.15) is 47.6 Å². The number of amides is 2. The number of carbonyl (C=O) groups is 2. The fraction of sp³-hybridized carbons (Fsp3) is 0.333. The van der Waals surface area contributed by atoms with E-state index in [1.165, 1.54) is 5.56 Å². The quantitative estimate of drug-likeness (QED) is 0.299. The number of unbranched alkanes of at least 4 members (excludes halogenated alkanes) is 1. The Kier molecular flexibility index (Phi) is 10.1. The summed E-state index contributed by atoms with van der Waals surface area (Å²) in [7, 11) is 0. The molecule has 35 heavy (non-hydrogen) atoms. The number of rotatable bonds is 11. The van der Waals surface area contributed by atoms with Crippen LogP contribution in [0.15, 0.2) is 77.3 Å². The highest BCUT2D eigenvalue weighted by Crippen LogP contribution is 2.20. The fourth-order valence-electron chi connectivity index (χ4n) is 4.08. The smallest absolute Gasteiger partial charge is 0.243 e. The Bertz CT molecular complexity index is 1130. The zero-order chi connectivity index (χ0) is 25.2. The average Bonchev–Trinajstić information content (AvgIpc) is 2.84. The molecule has 3 aromatic rings. The van der Waals surface area contributed by atoms with Gasteiger partial charge in [0.1, 0.15) is 6.04 Å². The molecule has 0 bridgehead atoms. The highest BCUT2D eigenvalue weighted by molar-refractivity contribution is 9.10. The lowest BCUT2D eigenvalue weighted by atomic mass is 10.00. The first-order valence-corrected chi connectivity index (χ1v) is 13.1. The molecule has 0 aliphatic rings. The number of nitrogens with zero attached hydrogens (tertiary/aromatic N) is 1. The van der Waals surface area contributed by atoms with Crippen molar-refractivity contribution in [3.05, 3.63) is 105 Å². The normalized spacial score (nSPS) is 11.7. The third-order valence-electron chi connectivity index (χ3n) is 6.27. The van der Waals surface area contributed by atoms with Crippen molar-refractivity contribution < 1.29 is 9.59 Å². The van der Waals surface area contributed by atoms with Crippen LogP contribution in [-0.4, -0.2) is 29.3 Å². The molecule has 0 aliphatic carbocycles. The van der Waals surface area contributed by atoms with Crippen LogP contribution in [0.4, 0.5) is 0 Å². The number of halogens is 1. The van der Waals surface area contributed by atoms with Crippen LogP contribution in [-0.2, 0) is 29.0 Å². The van der Waals surface area contributed by atoms with Crippen LogP contribution in [0.25, 0.3) is 0 Å². The summed E-state index contributed by atoms with van der Waals surface area (Å²) in [5, 5.41) is 3.07. The third kappa shape index (κ3) is 8.07. The number of benzene rings is 3. The second-order valence-electron chi connectivity index (χ2n) is 9.10. The van der Waals surface area contributed by atoms with Gasteiger partial charge in [0.05, 0.1) is 6.42 Å². The topological polar surface area (TPSA) is 49.4 Å². The molecule has 2 amide bonds. The van der Waals surface area contributed by atoms with Crippen molar-refractivity contribution in [1.82, 2.24) is 10.2 Å². The van der Waals surface area contributed by atoms with Crippen LogP contribution in [0, 0.1) is 13.8 Å². The van der Waals surface area contributed by atoms with Gasteiger partial charge in [0.15, 0.2) is 0 Å². The van der Waals surface area contributed by atoms with E-state index in [0.717, 1.165) is 39.6 Å². The summed E-state index contributed by atoms with van der Waals surface area (Å²) in [5.74, 6) is -0.162. The summed E-state index contributed by atoms with van der Waals surface area (Å²) in [6.07, 6.45) is 2.62. The molecule has 4 nitrogen and oxygen atoms in total. The predicted octanol–water partition coefficient (Wildman–Crippen LogP) is 6.16.